The van der Waals surface area contributed by atoms with Crippen molar-refractivity contribution in [3.8, 4) is 0 Å². The first-order valence-electron chi connectivity index (χ1n) is 56.1. The van der Waals surface area contributed by atoms with Gasteiger partial charge in [0, 0.05) is 115 Å². The third-order valence-electron chi connectivity index (χ3n) is 39.4. The van der Waals surface area contributed by atoms with Gasteiger partial charge in [0.05, 0.1) is 22.6 Å². The summed E-state index contributed by atoms with van der Waals surface area (Å²) in [4.78, 5) is 16.7. The van der Waals surface area contributed by atoms with Crippen LogP contribution in [0.5, 0.6) is 0 Å². The quantitative estimate of drug-likeness (QED) is 0.119. The van der Waals surface area contributed by atoms with Crippen molar-refractivity contribution in [2.75, 3.05) is 29.4 Å². The van der Waals surface area contributed by atoms with Crippen LogP contribution in [0, 0.1) is 0 Å². The van der Waals surface area contributed by atoms with E-state index in [1.54, 1.807) is 0 Å². The van der Waals surface area contributed by atoms with Crippen molar-refractivity contribution in [1.29, 1.82) is 0 Å². The van der Waals surface area contributed by atoms with Crippen molar-refractivity contribution in [3.05, 3.63) is 327 Å². The number of anilines is 17. The Balaban J connectivity index is 0.709. The van der Waals surface area contributed by atoms with Gasteiger partial charge in [-0.05, 0) is 382 Å². The van der Waals surface area contributed by atoms with Crippen LogP contribution in [-0.2, 0) is 76.8 Å². The molecule has 5 aliphatic carbocycles. The van der Waals surface area contributed by atoms with Gasteiger partial charge in [0.15, 0.2) is 0 Å². The number of hydrogen-bond donors (Lipinski definition) is 0. The fourth-order valence-electron chi connectivity index (χ4n) is 29.5. The molecule has 15 aromatic rings. The second-order valence-corrected chi connectivity index (χ2v) is 58.6. The molecule has 7 heterocycles. The molecular formula is C138H154B2N6S2. The zero-order chi connectivity index (χ0) is 104. The summed E-state index contributed by atoms with van der Waals surface area (Å²) in [7, 11) is 0. The number of nitrogens with zero attached hydrogens (tertiary/aromatic N) is 6. The maximum absolute atomic E-state index is 2.88. The molecular weight excluding hydrogens is 1830 g/mol. The number of para-hydroxylation sites is 2. The molecule has 148 heavy (non-hydrogen) atoms. The van der Waals surface area contributed by atoms with E-state index in [0.29, 0.717) is 0 Å². The van der Waals surface area contributed by atoms with Crippen molar-refractivity contribution in [3.63, 3.8) is 0 Å². The van der Waals surface area contributed by atoms with Gasteiger partial charge in [-0.25, -0.2) is 0 Å². The normalized spacial score (nSPS) is 20.8. The van der Waals surface area contributed by atoms with E-state index >= 15 is 0 Å². The summed E-state index contributed by atoms with van der Waals surface area (Å²) >= 11 is 4.08. The van der Waals surface area contributed by atoms with Crippen LogP contribution in [0.3, 0.4) is 0 Å². The van der Waals surface area contributed by atoms with Crippen molar-refractivity contribution >= 4 is 184 Å². The molecule has 0 N–H and O–H groups in total. The number of thiophene rings is 2. The Morgan fingerprint density at radius 3 is 1.09 bits per heavy atom. The second kappa shape index (κ2) is 32.4. The lowest BCUT2D eigenvalue weighted by molar-refractivity contribution is 0.195. The van der Waals surface area contributed by atoms with Gasteiger partial charge in [0.1, 0.15) is 0 Å². The highest BCUT2D eigenvalue weighted by Gasteiger charge is 2.60. The number of benzene rings is 13. The lowest BCUT2D eigenvalue weighted by Gasteiger charge is -2.51. The standard InChI is InChI=1S/C138H154B2N6S2/c1-125(2,3)85-46-58-117-97(71-85)121-123(147-117)139-108-73-87(127(7,8)9)44-56-111(108)142(91-48-52-99-104(75-91)132(18,19)66-62-128(99,10)11)113-79-95(80-115(119(113)139)144(121)93-50-54-101-106(77-93)134(22,23)68-64-130(101,14)15)141(89-39-31-30-32-40-89)90-41-37-38-84(70-90)83-136(26,27)88-45-57-112-109(74-88)140-120-114(143(112)92-49-53-100-105(76-92)133(20,21)67-63-129(100,12)13)81-96(146-110-43-34-33-42-103(110)137(28)60-35-36-61-138(137,146)29)82-116(120)145(94-51-55-102-107(78-94)135(24,25)69-65-131(102,16)17)122-98-72-86(126(4,5)6)47-59-118(98)148-124(122)140/h30-34,37-59,70-82H,35-36,60-69,83H2,1-29H3. The van der Waals surface area contributed by atoms with Crippen molar-refractivity contribution in [2.45, 2.75) is 360 Å². The average molecular weight is 1980 g/mol. The molecule has 5 aliphatic heterocycles. The van der Waals surface area contributed by atoms with Gasteiger partial charge in [-0.3, -0.25) is 0 Å². The molecule has 10 heteroatoms. The van der Waals surface area contributed by atoms with Crippen molar-refractivity contribution in [1.82, 2.24) is 0 Å². The molecule has 0 saturated heterocycles. The predicted molar refractivity (Wildman–Crippen MR) is 643 cm³/mol. The first kappa shape index (κ1) is 97.5. The van der Waals surface area contributed by atoms with E-state index in [-0.39, 0.29) is 83.9 Å². The van der Waals surface area contributed by atoms with Crippen LogP contribution in [-0.4, -0.2) is 19.0 Å². The SMILES string of the molecule is CC(C)(C)c1ccc2c(c1)B1c3sc4ccc(C(C)(C)C)cc4c3N(c3ccc4c(c3)C(C)(C)CCC4(C)C)c3cc(N(c4ccccc4)c4cccc(CC(C)(C)c5ccc6c(c5)B5c7sc8ccc(C(C)(C)C)cc8c7N(c7ccc8c(c7)C(C)(C)CCC8(C)C)c7cc(N8c9ccccc9C9(C)CCCCC89C)cc(c75)N6c5ccc6c(c5)C(C)(C)CCC6(C)C)c4)cc(c31)N2c1ccc2c(c1)C(C)(C)CCC2(C)C. The Labute approximate surface area is 893 Å². The van der Waals surface area contributed by atoms with E-state index in [4.69, 9.17) is 0 Å². The summed E-state index contributed by atoms with van der Waals surface area (Å²) in [5.74, 6) is 0. The monoisotopic (exact) mass is 1980 g/mol. The Hall–Kier alpha value is -11.3. The molecule has 2 aromatic heterocycles. The Kier molecular flexibility index (Phi) is 21.3. The summed E-state index contributed by atoms with van der Waals surface area (Å²) in [5, 5.41) is 2.66. The minimum atomic E-state index is -0.401. The number of fused-ring (bicyclic) bond motifs is 19. The molecule has 13 aromatic carbocycles. The fraction of sp³-hybridized carbons (Fsp3) is 0.406. The van der Waals surface area contributed by atoms with Gasteiger partial charge < -0.3 is 29.4 Å². The molecule has 2 unspecified atom stereocenters. The second-order valence-electron chi connectivity index (χ2n) is 56.4. The van der Waals surface area contributed by atoms with Gasteiger partial charge in [0.2, 0.25) is 0 Å². The van der Waals surface area contributed by atoms with Crippen LogP contribution in [0.1, 0.15) is 356 Å². The zero-order valence-corrected chi connectivity index (χ0v) is 95.7. The maximum atomic E-state index is 2.88. The van der Waals surface area contributed by atoms with E-state index in [1.165, 1.54) is 222 Å². The van der Waals surface area contributed by atoms with Crippen molar-refractivity contribution in [2.24, 2.45) is 0 Å². The average Bonchev–Trinajstić information content (AvgIpc) is 1.42. The summed E-state index contributed by atoms with van der Waals surface area (Å²) in [5.41, 5.74) is 45.4. The first-order chi connectivity index (χ1) is 69.7. The lowest BCUT2D eigenvalue weighted by atomic mass is 9.36. The van der Waals surface area contributed by atoms with Gasteiger partial charge in [-0.1, -0.05) is 316 Å². The molecule has 6 nitrogen and oxygen atoms in total. The molecule has 25 rings (SSSR count). The molecule has 10 aliphatic rings. The largest absolute Gasteiger partial charge is 0.334 e. The van der Waals surface area contributed by atoms with Gasteiger partial charge in [-0.2, -0.15) is 0 Å². The van der Waals surface area contributed by atoms with Gasteiger partial charge in [0.25, 0.3) is 13.4 Å². The van der Waals surface area contributed by atoms with Crippen molar-refractivity contribution < 1.29 is 0 Å². The smallest absolute Gasteiger partial charge is 0.264 e. The maximum Gasteiger partial charge on any atom is 0.264 e. The van der Waals surface area contributed by atoms with Gasteiger partial charge >= 0.3 is 0 Å². The molecule has 0 bridgehead atoms. The molecule has 2 atom stereocenters. The number of hydrogen-bond acceptors (Lipinski definition) is 8. The van der Waals surface area contributed by atoms with E-state index < -0.39 is 5.41 Å². The summed E-state index contributed by atoms with van der Waals surface area (Å²) in [6.45, 7) is 71.8. The first-order valence-corrected chi connectivity index (χ1v) is 57.7. The molecule has 754 valence electrons. The van der Waals surface area contributed by atoms with E-state index in [2.05, 4.69) is 490 Å². The van der Waals surface area contributed by atoms with E-state index in [0.717, 1.165) is 87.7 Å². The lowest BCUT2D eigenvalue weighted by Crippen LogP contribution is -2.61. The van der Waals surface area contributed by atoms with Crippen LogP contribution >= 0.6 is 22.7 Å². The van der Waals surface area contributed by atoms with Crippen LogP contribution in [0.15, 0.2) is 249 Å². The van der Waals surface area contributed by atoms with Crippen LogP contribution in [0.4, 0.5) is 96.7 Å². The Morgan fingerprint density at radius 2 is 0.642 bits per heavy atom. The molecule has 0 spiro atoms. The van der Waals surface area contributed by atoms with Crippen LogP contribution < -0.4 is 60.8 Å². The third-order valence-corrected chi connectivity index (χ3v) is 41.9. The van der Waals surface area contributed by atoms with E-state index in [1.807, 2.05) is 11.3 Å². The van der Waals surface area contributed by atoms with Gasteiger partial charge in [-0.15, -0.1) is 22.7 Å². The molecule has 0 radical (unpaired) electrons. The number of rotatable bonds is 11. The third kappa shape index (κ3) is 14.7. The van der Waals surface area contributed by atoms with Crippen LogP contribution in [0.2, 0.25) is 0 Å². The highest BCUT2D eigenvalue weighted by molar-refractivity contribution is 7.34. The topological polar surface area (TPSA) is 19.4 Å². The molecule has 0 amide bonds. The van der Waals surface area contributed by atoms with Crippen LogP contribution in [0.25, 0.3) is 20.2 Å². The highest BCUT2D eigenvalue weighted by atomic mass is 32.1. The molecule has 1 fully saturated rings. The Morgan fingerprint density at radius 1 is 0.277 bits per heavy atom. The highest BCUT2D eigenvalue weighted by Crippen LogP contribution is 2.65. The van der Waals surface area contributed by atoms with E-state index in [9.17, 15) is 0 Å². The minimum absolute atomic E-state index is 0.0205. The Bertz CT molecular complexity index is 8100. The zero-order valence-electron chi connectivity index (χ0n) is 94.0. The minimum Gasteiger partial charge on any atom is -0.334 e. The fourth-order valence-corrected chi connectivity index (χ4v) is 32.1. The predicted octanol–water partition coefficient (Wildman–Crippen LogP) is 35.3. The summed E-state index contributed by atoms with van der Waals surface area (Å²) in [6, 6.07) is 103. The molecule has 1 saturated carbocycles. The summed E-state index contributed by atoms with van der Waals surface area (Å²) < 4.78 is 5.48. The summed E-state index contributed by atoms with van der Waals surface area (Å²) in [6.07, 6.45) is 14.6.